The molecule has 1 N–H and O–H groups in total. The lowest BCUT2D eigenvalue weighted by Crippen LogP contribution is -2.29. The Morgan fingerprint density at radius 2 is 1.76 bits per heavy atom. The number of nitrogens with one attached hydrogen (secondary N) is 1. The molecule has 126 valence electrons. The molecule has 3 rings (SSSR count). The van der Waals surface area contributed by atoms with E-state index in [0.717, 1.165) is 16.9 Å². The second-order valence-electron chi connectivity index (χ2n) is 5.76. The zero-order valence-electron chi connectivity index (χ0n) is 13.7. The smallest absolute Gasteiger partial charge is 0.261 e. The SMILES string of the molecule is C=CCN1C(=O)c2ccc(C(=O)NCCc3ccccc3)cc2C1=O. The average Bonchev–Trinajstić information content (AvgIpc) is 2.87. The molecular weight excluding hydrogens is 316 g/mol. The van der Waals surface area contributed by atoms with E-state index < -0.39 is 0 Å². The van der Waals surface area contributed by atoms with Crippen LogP contribution in [0.15, 0.2) is 61.2 Å². The number of fused-ring (bicyclic) bond motifs is 1. The Morgan fingerprint density at radius 3 is 2.48 bits per heavy atom. The maximum Gasteiger partial charge on any atom is 0.261 e. The highest BCUT2D eigenvalue weighted by molar-refractivity contribution is 6.22. The Morgan fingerprint density at radius 1 is 1.04 bits per heavy atom. The fourth-order valence-corrected chi connectivity index (χ4v) is 2.79. The van der Waals surface area contributed by atoms with E-state index >= 15 is 0 Å². The lowest BCUT2D eigenvalue weighted by atomic mass is 10.1. The molecule has 0 atom stereocenters. The number of benzene rings is 2. The van der Waals surface area contributed by atoms with Gasteiger partial charge < -0.3 is 5.32 Å². The molecule has 0 bridgehead atoms. The standard InChI is InChI=1S/C20H18N2O3/c1-2-12-22-19(24)16-9-8-15(13-17(16)20(22)25)18(23)21-11-10-14-6-4-3-5-7-14/h2-9,13H,1,10-12H2,(H,21,23). The Hall–Kier alpha value is -3.21. The van der Waals surface area contributed by atoms with Gasteiger partial charge in [0.25, 0.3) is 17.7 Å². The minimum absolute atomic E-state index is 0.158. The van der Waals surface area contributed by atoms with Crippen molar-refractivity contribution in [2.24, 2.45) is 0 Å². The molecule has 0 fully saturated rings. The zero-order valence-corrected chi connectivity index (χ0v) is 13.7. The van der Waals surface area contributed by atoms with Crippen LogP contribution in [0.25, 0.3) is 0 Å². The predicted octanol–water partition coefficient (Wildman–Crippen LogP) is 2.44. The lowest BCUT2D eigenvalue weighted by Gasteiger charge is -2.09. The number of rotatable bonds is 6. The minimum Gasteiger partial charge on any atom is -0.352 e. The summed E-state index contributed by atoms with van der Waals surface area (Å²) in [5.74, 6) is -1.00. The van der Waals surface area contributed by atoms with E-state index in [1.165, 1.54) is 18.2 Å². The molecule has 2 aromatic carbocycles. The molecule has 0 unspecified atom stereocenters. The highest BCUT2D eigenvalue weighted by Gasteiger charge is 2.35. The van der Waals surface area contributed by atoms with Crippen molar-refractivity contribution in [1.29, 1.82) is 0 Å². The van der Waals surface area contributed by atoms with E-state index in [-0.39, 0.29) is 29.8 Å². The van der Waals surface area contributed by atoms with Gasteiger partial charge >= 0.3 is 0 Å². The first kappa shape index (κ1) is 16.6. The van der Waals surface area contributed by atoms with Gasteiger partial charge in [-0.15, -0.1) is 6.58 Å². The van der Waals surface area contributed by atoms with Gasteiger partial charge in [0.1, 0.15) is 0 Å². The summed E-state index contributed by atoms with van der Waals surface area (Å²) in [6.45, 7) is 4.20. The van der Waals surface area contributed by atoms with Crippen LogP contribution in [0.2, 0.25) is 0 Å². The molecule has 1 aliphatic heterocycles. The van der Waals surface area contributed by atoms with E-state index in [2.05, 4.69) is 11.9 Å². The van der Waals surface area contributed by atoms with Crippen molar-refractivity contribution in [1.82, 2.24) is 10.2 Å². The van der Waals surface area contributed by atoms with Crippen LogP contribution in [0.5, 0.6) is 0 Å². The van der Waals surface area contributed by atoms with Crippen molar-refractivity contribution >= 4 is 17.7 Å². The van der Waals surface area contributed by atoms with Gasteiger partial charge in [0.05, 0.1) is 11.1 Å². The van der Waals surface area contributed by atoms with Gasteiger partial charge in [0.2, 0.25) is 0 Å². The van der Waals surface area contributed by atoms with E-state index in [9.17, 15) is 14.4 Å². The molecule has 5 nitrogen and oxygen atoms in total. The molecule has 25 heavy (non-hydrogen) atoms. The van der Waals surface area contributed by atoms with Crippen LogP contribution >= 0.6 is 0 Å². The third kappa shape index (κ3) is 3.35. The molecule has 5 heteroatoms. The van der Waals surface area contributed by atoms with Crippen LogP contribution in [-0.2, 0) is 6.42 Å². The summed E-state index contributed by atoms with van der Waals surface area (Å²) in [4.78, 5) is 37.9. The average molecular weight is 334 g/mol. The summed E-state index contributed by atoms with van der Waals surface area (Å²) in [5.41, 5.74) is 2.10. The quantitative estimate of drug-likeness (QED) is 0.652. The van der Waals surface area contributed by atoms with E-state index in [4.69, 9.17) is 0 Å². The normalized spacial score (nSPS) is 12.9. The molecule has 1 heterocycles. The van der Waals surface area contributed by atoms with Crippen LogP contribution in [0.1, 0.15) is 36.6 Å². The van der Waals surface area contributed by atoms with Crippen LogP contribution in [0.3, 0.4) is 0 Å². The zero-order chi connectivity index (χ0) is 17.8. The van der Waals surface area contributed by atoms with Crippen molar-refractivity contribution in [2.75, 3.05) is 13.1 Å². The van der Waals surface area contributed by atoms with Gasteiger partial charge in [0.15, 0.2) is 0 Å². The van der Waals surface area contributed by atoms with Gasteiger partial charge in [-0.3, -0.25) is 19.3 Å². The van der Waals surface area contributed by atoms with Gasteiger partial charge in [-0.05, 0) is 30.2 Å². The fraction of sp³-hybridized carbons (Fsp3) is 0.150. The van der Waals surface area contributed by atoms with Gasteiger partial charge in [-0.1, -0.05) is 36.4 Å². The molecule has 1 aliphatic rings. The predicted molar refractivity (Wildman–Crippen MR) is 94.5 cm³/mol. The lowest BCUT2D eigenvalue weighted by molar-refractivity contribution is 0.0672. The third-order valence-electron chi connectivity index (χ3n) is 4.09. The molecular formula is C20H18N2O3. The first-order valence-electron chi connectivity index (χ1n) is 8.05. The summed E-state index contributed by atoms with van der Waals surface area (Å²) in [6.07, 6.45) is 2.22. The maximum atomic E-state index is 12.3. The second-order valence-corrected chi connectivity index (χ2v) is 5.76. The van der Waals surface area contributed by atoms with E-state index in [1.54, 1.807) is 6.07 Å². The molecule has 0 saturated heterocycles. The van der Waals surface area contributed by atoms with Gasteiger partial charge in [0, 0.05) is 18.7 Å². The molecule has 2 aromatic rings. The Balaban J connectivity index is 1.68. The first-order chi connectivity index (χ1) is 12.1. The summed E-state index contributed by atoms with van der Waals surface area (Å²) in [6, 6.07) is 14.4. The number of carbonyl (C=O) groups is 3. The minimum atomic E-state index is -0.390. The Labute approximate surface area is 146 Å². The second kappa shape index (κ2) is 7.13. The number of imide groups is 1. The van der Waals surface area contributed by atoms with Crippen molar-refractivity contribution in [3.05, 3.63) is 83.4 Å². The molecule has 3 amide bonds. The van der Waals surface area contributed by atoms with Crippen LogP contribution in [-0.4, -0.2) is 35.7 Å². The number of carbonyl (C=O) groups excluding carboxylic acids is 3. The monoisotopic (exact) mass is 334 g/mol. The summed E-state index contributed by atoms with van der Waals surface area (Å²) in [5, 5.41) is 2.84. The highest BCUT2D eigenvalue weighted by Crippen LogP contribution is 2.23. The number of hydrogen-bond donors (Lipinski definition) is 1. The van der Waals surface area contributed by atoms with E-state index in [0.29, 0.717) is 17.7 Å². The maximum absolute atomic E-state index is 12.3. The first-order valence-corrected chi connectivity index (χ1v) is 8.05. The van der Waals surface area contributed by atoms with Crippen molar-refractivity contribution in [3.8, 4) is 0 Å². The Kier molecular flexibility index (Phi) is 4.75. The number of amides is 3. The summed E-state index contributed by atoms with van der Waals surface area (Å²) < 4.78 is 0. The summed E-state index contributed by atoms with van der Waals surface area (Å²) in [7, 11) is 0. The topological polar surface area (TPSA) is 66.5 Å². The Bertz CT molecular complexity index is 843. The fourth-order valence-electron chi connectivity index (χ4n) is 2.79. The number of hydrogen-bond acceptors (Lipinski definition) is 3. The molecule has 0 aromatic heterocycles. The molecule has 0 aliphatic carbocycles. The molecule has 0 spiro atoms. The third-order valence-corrected chi connectivity index (χ3v) is 4.09. The molecule has 0 saturated carbocycles. The van der Waals surface area contributed by atoms with Gasteiger partial charge in [-0.25, -0.2) is 0 Å². The van der Waals surface area contributed by atoms with Crippen molar-refractivity contribution in [2.45, 2.75) is 6.42 Å². The molecule has 0 radical (unpaired) electrons. The van der Waals surface area contributed by atoms with Crippen LogP contribution < -0.4 is 5.32 Å². The summed E-state index contributed by atoms with van der Waals surface area (Å²) >= 11 is 0. The van der Waals surface area contributed by atoms with Crippen molar-refractivity contribution in [3.63, 3.8) is 0 Å². The highest BCUT2D eigenvalue weighted by atomic mass is 16.2. The largest absolute Gasteiger partial charge is 0.352 e. The van der Waals surface area contributed by atoms with Gasteiger partial charge in [-0.2, -0.15) is 0 Å². The van der Waals surface area contributed by atoms with Crippen LogP contribution in [0.4, 0.5) is 0 Å². The van der Waals surface area contributed by atoms with E-state index in [1.807, 2.05) is 30.3 Å². The van der Waals surface area contributed by atoms with Crippen molar-refractivity contribution < 1.29 is 14.4 Å². The number of nitrogens with zero attached hydrogens (tertiary/aromatic N) is 1. The van der Waals surface area contributed by atoms with Crippen LogP contribution in [0, 0.1) is 0 Å².